The lowest BCUT2D eigenvalue weighted by atomic mass is 9.99. The van der Waals surface area contributed by atoms with E-state index in [0.717, 1.165) is 18.7 Å². The number of benzene rings is 1. The van der Waals surface area contributed by atoms with Gasteiger partial charge in [-0.1, -0.05) is 0 Å². The summed E-state index contributed by atoms with van der Waals surface area (Å²) in [5.41, 5.74) is 2.21. The van der Waals surface area contributed by atoms with E-state index in [9.17, 15) is 0 Å². The second-order valence-electron chi connectivity index (χ2n) is 5.74. The number of nitrogens with zero attached hydrogens (tertiary/aromatic N) is 2. The predicted octanol–water partition coefficient (Wildman–Crippen LogP) is 2.42. The molecule has 0 spiro atoms. The Morgan fingerprint density at radius 2 is 1.80 bits per heavy atom. The topological polar surface area (TPSA) is 47.9 Å². The van der Waals surface area contributed by atoms with Gasteiger partial charge in [0.25, 0.3) is 0 Å². The van der Waals surface area contributed by atoms with Crippen LogP contribution in [0.4, 0.5) is 0 Å². The molecule has 134 valence electrons. The van der Waals surface area contributed by atoms with Crippen molar-refractivity contribution in [3.05, 3.63) is 41.7 Å². The molecule has 0 saturated carbocycles. The summed E-state index contributed by atoms with van der Waals surface area (Å²) in [5, 5.41) is 3.81. The van der Waals surface area contributed by atoms with Crippen LogP contribution >= 0.6 is 12.2 Å². The number of hydrogen-bond donors (Lipinski definition) is 1. The van der Waals surface area contributed by atoms with Gasteiger partial charge >= 0.3 is 0 Å². The zero-order valence-electron chi connectivity index (χ0n) is 14.9. The highest BCUT2D eigenvalue weighted by atomic mass is 32.1. The summed E-state index contributed by atoms with van der Waals surface area (Å²) >= 11 is 5.54. The van der Waals surface area contributed by atoms with Crippen LogP contribution in [-0.2, 0) is 6.54 Å². The molecule has 1 aliphatic rings. The SMILES string of the molecule is CNC(=S)N1CCn2cccc2[C@H]1c1cc(OC)c(OC)c(OC)c1. The minimum Gasteiger partial charge on any atom is -0.493 e. The third kappa shape index (κ3) is 3.00. The minimum absolute atomic E-state index is 0.0302. The van der Waals surface area contributed by atoms with Crippen molar-refractivity contribution >= 4 is 17.3 Å². The maximum atomic E-state index is 5.54. The van der Waals surface area contributed by atoms with Gasteiger partial charge < -0.3 is 29.0 Å². The molecule has 1 aromatic carbocycles. The molecule has 3 rings (SSSR count). The monoisotopic (exact) mass is 361 g/mol. The summed E-state index contributed by atoms with van der Waals surface area (Å²) in [6, 6.07) is 8.13. The van der Waals surface area contributed by atoms with Gasteiger partial charge in [0.05, 0.1) is 27.4 Å². The fraction of sp³-hybridized carbons (Fsp3) is 0.389. The molecule has 1 N–H and O–H groups in total. The smallest absolute Gasteiger partial charge is 0.203 e. The highest BCUT2D eigenvalue weighted by Crippen LogP contribution is 2.43. The van der Waals surface area contributed by atoms with E-state index in [1.54, 1.807) is 21.3 Å². The second-order valence-corrected chi connectivity index (χ2v) is 6.12. The lowest BCUT2D eigenvalue weighted by molar-refractivity contribution is 0.283. The first kappa shape index (κ1) is 17.4. The van der Waals surface area contributed by atoms with Gasteiger partial charge in [-0.25, -0.2) is 0 Å². The van der Waals surface area contributed by atoms with Crippen LogP contribution in [0.3, 0.4) is 0 Å². The Balaban J connectivity index is 2.16. The Labute approximate surface area is 153 Å². The van der Waals surface area contributed by atoms with Crippen LogP contribution in [0.25, 0.3) is 0 Å². The van der Waals surface area contributed by atoms with Gasteiger partial charge in [0.1, 0.15) is 0 Å². The van der Waals surface area contributed by atoms with Crippen molar-refractivity contribution in [1.82, 2.24) is 14.8 Å². The molecular formula is C18H23N3O3S. The van der Waals surface area contributed by atoms with Crippen molar-refractivity contribution < 1.29 is 14.2 Å². The van der Waals surface area contributed by atoms with Crippen LogP contribution in [0, 0.1) is 0 Å². The fourth-order valence-electron chi connectivity index (χ4n) is 3.36. The van der Waals surface area contributed by atoms with Gasteiger partial charge in [-0.2, -0.15) is 0 Å². The quantitative estimate of drug-likeness (QED) is 0.844. The molecule has 6 nitrogen and oxygen atoms in total. The summed E-state index contributed by atoms with van der Waals surface area (Å²) in [6.07, 6.45) is 2.10. The first-order valence-corrected chi connectivity index (χ1v) is 8.48. The number of fused-ring (bicyclic) bond motifs is 1. The number of thiocarbonyl (C=S) groups is 1. The maximum Gasteiger partial charge on any atom is 0.203 e. The summed E-state index contributed by atoms with van der Waals surface area (Å²) in [6.45, 7) is 1.72. The van der Waals surface area contributed by atoms with Crippen LogP contribution in [0.2, 0.25) is 0 Å². The average Bonchev–Trinajstić information content (AvgIpc) is 3.13. The molecule has 0 amide bonds. The van der Waals surface area contributed by atoms with Crippen molar-refractivity contribution in [3.8, 4) is 17.2 Å². The van der Waals surface area contributed by atoms with E-state index in [1.807, 2.05) is 19.2 Å². The Morgan fingerprint density at radius 1 is 1.12 bits per heavy atom. The standard InChI is InChI=1S/C18H23N3O3S/c1-19-18(25)21-9-8-20-7-5-6-13(20)16(21)12-10-14(22-2)17(24-4)15(11-12)23-3/h5-7,10-11,16H,8-9H2,1-4H3,(H,19,25)/t16-/m1/s1. The molecule has 1 atom stereocenters. The van der Waals surface area contributed by atoms with E-state index in [1.165, 1.54) is 5.69 Å². The van der Waals surface area contributed by atoms with Gasteiger partial charge in [0, 0.05) is 32.0 Å². The molecular weight excluding hydrogens is 338 g/mol. The molecule has 1 aromatic heterocycles. The highest BCUT2D eigenvalue weighted by Gasteiger charge is 2.31. The first-order chi connectivity index (χ1) is 12.1. The first-order valence-electron chi connectivity index (χ1n) is 8.07. The molecule has 2 heterocycles. The van der Waals surface area contributed by atoms with Crippen molar-refractivity contribution in [2.45, 2.75) is 12.6 Å². The minimum atomic E-state index is -0.0302. The molecule has 0 bridgehead atoms. The fourth-order valence-corrected chi connectivity index (χ4v) is 3.55. The number of rotatable bonds is 4. The predicted molar refractivity (Wildman–Crippen MR) is 101 cm³/mol. The number of nitrogens with one attached hydrogen (secondary N) is 1. The van der Waals surface area contributed by atoms with Crippen molar-refractivity contribution in [3.63, 3.8) is 0 Å². The summed E-state index contributed by atoms with van der Waals surface area (Å²) in [4.78, 5) is 2.19. The number of hydrogen-bond acceptors (Lipinski definition) is 4. The van der Waals surface area contributed by atoms with E-state index >= 15 is 0 Å². The van der Waals surface area contributed by atoms with Gasteiger partial charge in [0.2, 0.25) is 5.75 Å². The third-order valence-corrected chi connectivity index (χ3v) is 4.95. The maximum absolute atomic E-state index is 5.54. The van der Waals surface area contributed by atoms with Crippen LogP contribution in [0.1, 0.15) is 17.3 Å². The molecule has 0 radical (unpaired) electrons. The van der Waals surface area contributed by atoms with Crippen LogP contribution in [0.5, 0.6) is 17.2 Å². The zero-order valence-corrected chi connectivity index (χ0v) is 15.7. The zero-order chi connectivity index (χ0) is 18.0. The lowest BCUT2D eigenvalue weighted by Crippen LogP contribution is -2.46. The van der Waals surface area contributed by atoms with E-state index < -0.39 is 0 Å². The molecule has 2 aromatic rings. The van der Waals surface area contributed by atoms with Gasteiger partial charge in [-0.15, -0.1) is 0 Å². The van der Waals surface area contributed by atoms with Crippen LogP contribution < -0.4 is 19.5 Å². The summed E-state index contributed by atoms with van der Waals surface area (Å²) in [5.74, 6) is 1.86. The van der Waals surface area contributed by atoms with Gasteiger partial charge in [-0.3, -0.25) is 0 Å². The molecule has 7 heteroatoms. The van der Waals surface area contributed by atoms with E-state index in [2.05, 4.69) is 33.1 Å². The van der Waals surface area contributed by atoms with E-state index in [-0.39, 0.29) is 6.04 Å². The molecule has 0 fully saturated rings. The highest BCUT2D eigenvalue weighted by molar-refractivity contribution is 7.80. The van der Waals surface area contributed by atoms with Gasteiger partial charge in [-0.05, 0) is 42.0 Å². The number of aromatic nitrogens is 1. The van der Waals surface area contributed by atoms with E-state index in [4.69, 9.17) is 26.4 Å². The summed E-state index contributed by atoms with van der Waals surface area (Å²) < 4.78 is 18.7. The van der Waals surface area contributed by atoms with E-state index in [0.29, 0.717) is 22.4 Å². The van der Waals surface area contributed by atoms with Crippen molar-refractivity contribution in [2.75, 3.05) is 34.9 Å². The normalized spacial score (nSPS) is 16.2. The third-order valence-electron chi connectivity index (χ3n) is 4.52. The Hall–Kier alpha value is -2.41. The Kier molecular flexibility index (Phi) is 5.03. The Bertz CT molecular complexity index is 750. The van der Waals surface area contributed by atoms with Crippen LogP contribution in [-0.4, -0.2) is 49.5 Å². The molecule has 0 unspecified atom stereocenters. The second kappa shape index (κ2) is 7.23. The lowest BCUT2D eigenvalue weighted by Gasteiger charge is -2.39. The Morgan fingerprint density at radius 3 is 2.36 bits per heavy atom. The van der Waals surface area contributed by atoms with Crippen molar-refractivity contribution in [1.29, 1.82) is 0 Å². The number of ether oxygens (including phenoxy) is 3. The average molecular weight is 361 g/mol. The van der Waals surface area contributed by atoms with Crippen LogP contribution in [0.15, 0.2) is 30.5 Å². The summed E-state index contributed by atoms with van der Waals surface area (Å²) in [7, 11) is 6.71. The molecule has 25 heavy (non-hydrogen) atoms. The molecule has 1 aliphatic heterocycles. The molecule has 0 aliphatic carbocycles. The largest absolute Gasteiger partial charge is 0.493 e. The number of methoxy groups -OCH3 is 3. The van der Waals surface area contributed by atoms with Crippen molar-refractivity contribution in [2.24, 2.45) is 0 Å². The molecule has 0 saturated heterocycles. The van der Waals surface area contributed by atoms with Gasteiger partial charge in [0.15, 0.2) is 16.6 Å².